The average molecular weight is 445 g/mol. The van der Waals surface area contributed by atoms with Crippen molar-refractivity contribution in [1.82, 2.24) is 0 Å². The van der Waals surface area contributed by atoms with E-state index in [4.69, 9.17) is 0 Å². The van der Waals surface area contributed by atoms with Crippen LogP contribution in [0.4, 0.5) is 15.8 Å². The van der Waals surface area contributed by atoms with Crippen molar-refractivity contribution in [3.63, 3.8) is 0 Å². The normalized spacial score (nSPS) is 14.7. The second kappa shape index (κ2) is 9.18. The van der Waals surface area contributed by atoms with Crippen LogP contribution in [0.3, 0.4) is 0 Å². The summed E-state index contributed by atoms with van der Waals surface area (Å²) in [6, 6.07) is 19.3. The van der Waals surface area contributed by atoms with E-state index in [1.165, 1.54) is 17.0 Å². The second-order valence-electron chi connectivity index (χ2n) is 8.92. The molecule has 2 amide bonds. The lowest BCUT2D eigenvalue weighted by atomic mass is 9.91. The number of halogens is 1. The summed E-state index contributed by atoms with van der Waals surface area (Å²) in [6.45, 7) is 5.87. The fraction of sp³-hybridized carbons (Fsp3) is 0.286. The van der Waals surface area contributed by atoms with Crippen molar-refractivity contribution < 1.29 is 14.0 Å². The molecule has 0 saturated heterocycles. The third-order valence-electron chi connectivity index (χ3n) is 6.60. The zero-order valence-corrected chi connectivity index (χ0v) is 19.3. The first-order valence-electron chi connectivity index (χ1n) is 11.4. The first kappa shape index (κ1) is 22.7. The van der Waals surface area contributed by atoms with Gasteiger partial charge in [-0.3, -0.25) is 14.5 Å². The number of hydrogen-bond acceptors (Lipinski definition) is 2. The van der Waals surface area contributed by atoms with Gasteiger partial charge in [0.2, 0.25) is 0 Å². The summed E-state index contributed by atoms with van der Waals surface area (Å²) in [4.78, 5) is 29.3. The minimum absolute atomic E-state index is 0.0378. The van der Waals surface area contributed by atoms with Crippen molar-refractivity contribution in [3.8, 4) is 0 Å². The van der Waals surface area contributed by atoms with Crippen molar-refractivity contribution in [2.75, 3.05) is 10.2 Å². The van der Waals surface area contributed by atoms with Crippen molar-refractivity contribution in [3.05, 3.63) is 94.8 Å². The van der Waals surface area contributed by atoms with Crippen molar-refractivity contribution in [2.45, 2.75) is 52.0 Å². The first-order valence-corrected chi connectivity index (χ1v) is 11.4. The number of para-hydroxylation sites is 1. The predicted molar refractivity (Wildman–Crippen MR) is 130 cm³/mol. The van der Waals surface area contributed by atoms with Gasteiger partial charge in [0.05, 0.1) is 5.56 Å². The minimum Gasteiger partial charge on any atom is -0.324 e. The summed E-state index contributed by atoms with van der Waals surface area (Å²) in [7, 11) is 0. The number of benzene rings is 3. The molecule has 0 unspecified atom stereocenters. The number of nitrogens with zero attached hydrogens (tertiary/aromatic N) is 1. The van der Waals surface area contributed by atoms with Gasteiger partial charge in [-0.15, -0.1) is 0 Å². The van der Waals surface area contributed by atoms with Gasteiger partial charge in [0, 0.05) is 11.4 Å². The molecule has 0 radical (unpaired) electrons. The molecule has 0 bridgehead atoms. The molecule has 4 rings (SSSR count). The lowest BCUT2D eigenvalue weighted by Crippen LogP contribution is -2.58. The second-order valence-corrected chi connectivity index (χ2v) is 8.92. The molecule has 3 aromatic carbocycles. The van der Waals surface area contributed by atoms with Crippen molar-refractivity contribution in [2.24, 2.45) is 0 Å². The van der Waals surface area contributed by atoms with Crippen LogP contribution in [-0.4, -0.2) is 17.4 Å². The zero-order chi connectivity index (χ0) is 23.6. The van der Waals surface area contributed by atoms with E-state index in [1.54, 1.807) is 12.1 Å². The number of carbonyl (C=O) groups excluding carboxylic acids is 2. The molecule has 4 nitrogen and oxygen atoms in total. The van der Waals surface area contributed by atoms with Gasteiger partial charge in [-0.2, -0.15) is 0 Å². The summed E-state index contributed by atoms with van der Waals surface area (Å²) in [6.07, 6.45) is 2.65. The molecule has 33 heavy (non-hydrogen) atoms. The molecule has 1 aliphatic carbocycles. The summed E-state index contributed by atoms with van der Waals surface area (Å²) in [5, 5.41) is 3.12. The third kappa shape index (κ3) is 4.28. The molecule has 1 N–H and O–H groups in total. The van der Waals surface area contributed by atoms with E-state index in [0.717, 1.165) is 35.2 Å². The fourth-order valence-electron chi connectivity index (χ4n) is 4.76. The fourth-order valence-corrected chi connectivity index (χ4v) is 4.76. The maximum atomic E-state index is 14.7. The highest BCUT2D eigenvalue weighted by atomic mass is 19.1. The highest BCUT2D eigenvalue weighted by Crippen LogP contribution is 2.41. The lowest BCUT2D eigenvalue weighted by Gasteiger charge is -2.40. The van der Waals surface area contributed by atoms with Gasteiger partial charge in [-0.05, 0) is 69.0 Å². The van der Waals surface area contributed by atoms with E-state index >= 15 is 0 Å². The van der Waals surface area contributed by atoms with E-state index in [9.17, 15) is 14.0 Å². The number of carbonyl (C=O) groups is 2. The number of hydrogen-bond donors (Lipinski definition) is 1. The molecule has 0 aliphatic heterocycles. The van der Waals surface area contributed by atoms with Gasteiger partial charge in [0.15, 0.2) is 0 Å². The molecule has 3 aromatic rings. The van der Waals surface area contributed by atoms with E-state index in [1.807, 2.05) is 63.2 Å². The van der Waals surface area contributed by atoms with E-state index in [2.05, 4.69) is 5.32 Å². The molecular formula is C28H29FN2O2. The van der Waals surface area contributed by atoms with Crippen molar-refractivity contribution in [1.29, 1.82) is 0 Å². The standard InChI is InChI=1S/C28H29FN2O2/c1-19-13-15-22(16-14-19)31(26(32)23-11-4-5-12-24(23)29)28(17-6-7-18-28)27(33)30-25-20(2)9-8-10-21(25)3/h4-5,8-16H,6-7,17-18H2,1-3H3,(H,30,33). The monoisotopic (exact) mass is 444 g/mol. The van der Waals surface area contributed by atoms with Crippen LogP contribution in [0.2, 0.25) is 0 Å². The molecule has 1 saturated carbocycles. The largest absolute Gasteiger partial charge is 0.324 e. The molecule has 170 valence electrons. The number of nitrogens with one attached hydrogen (secondary N) is 1. The lowest BCUT2D eigenvalue weighted by molar-refractivity contribution is -0.121. The van der Waals surface area contributed by atoms with Crippen molar-refractivity contribution >= 4 is 23.2 Å². The Bertz CT molecular complexity index is 1160. The summed E-state index contributed by atoms with van der Waals surface area (Å²) < 4.78 is 14.7. The van der Waals surface area contributed by atoms with Crippen LogP contribution in [0.5, 0.6) is 0 Å². The van der Waals surface area contributed by atoms with Crippen LogP contribution in [0.25, 0.3) is 0 Å². The zero-order valence-electron chi connectivity index (χ0n) is 19.3. The summed E-state index contributed by atoms with van der Waals surface area (Å²) in [5.41, 5.74) is 3.16. The highest BCUT2D eigenvalue weighted by Gasteiger charge is 2.49. The smallest absolute Gasteiger partial charge is 0.262 e. The SMILES string of the molecule is Cc1ccc(N(C(=O)c2ccccc2F)C2(C(=O)Nc3c(C)cccc3C)CCCC2)cc1. The third-order valence-corrected chi connectivity index (χ3v) is 6.60. The maximum absolute atomic E-state index is 14.7. The Kier molecular flexibility index (Phi) is 6.32. The Morgan fingerprint density at radius 2 is 1.45 bits per heavy atom. The van der Waals surface area contributed by atoms with Gasteiger partial charge in [0.25, 0.3) is 11.8 Å². The maximum Gasteiger partial charge on any atom is 0.262 e. The van der Waals surface area contributed by atoms with Gasteiger partial charge >= 0.3 is 0 Å². The number of rotatable bonds is 5. The molecule has 5 heteroatoms. The topological polar surface area (TPSA) is 49.4 Å². The quantitative estimate of drug-likeness (QED) is 0.499. The average Bonchev–Trinajstić information content (AvgIpc) is 3.29. The Hall–Kier alpha value is -3.47. The predicted octanol–water partition coefficient (Wildman–Crippen LogP) is 6.35. The summed E-state index contributed by atoms with van der Waals surface area (Å²) in [5.74, 6) is -1.33. The Labute approximate surface area is 194 Å². The number of amides is 2. The molecule has 1 fully saturated rings. The van der Waals surface area contributed by atoms with E-state index < -0.39 is 17.3 Å². The van der Waals surface area contributed by atoms with Gasteiger partial charge < -0.3 is 5.32 Å². The van der Waals surface area contributed by atoms with E-state index in [-0.39, 0.29) is 11.5 Å². The van der Waals surface area contributed by atoms with Gasteiger partial charge in [-0.25, -0.2) is 4.39 Å². The first-order chi connectivity index (χ1) is 15.8. The van der Waals surface area contributed by atoms with E-state index in [0.29, 0.717) is 18.5 Å². The number of aryl methyl sites for hydroxylation is 3. The van der Waals surface area contributed by atoms with Crippen LogP contribution in [-0.2, 0) is 4.79 Å². The summed E-state index contributed by atoms with van der Waals surface area (Å²) >= 11 is 0. The molecule has 1 aliphatic rings. The molecular weight excluding hydrogens is 415 g/mol. The number of anilines is 2. The Morgan fingerprint density at radius 3 is 2.06 bits per heavy atom. The Balaban J connectivity index is 1.83. The molecule has 0 atom stereocenters. The van der Waals surface area contributed by atoms with Gasteiger partial charge in [-0.1, -0.05) is 60.9 Å². The van der Waals surface area contributed by atoms with Crippen LogP contribution >= 0.6 is 0 Å². The molecule has 0 spiro atoms. The highest BCUT2D eigenvalue weighted by molar-refractivity contribution is 6.14. The van der Waals surface area contributed by atoms with Crippen LogP contribution in [0.1, 0.15) is 52.7 Å². The molecule has 0 heterocycles. The van der Waals surface area contributed by atoms with Crippen LogP contribution in [0.15, 0.2) is 66.7 Å². The molecule has 0 aromatic heterocycles. The van der Waals surface area contributed by atoms with Crippen LogP contribution in [0, 0.1) is 26.6 Å². The Morgan fingerprint density at radius 1 is 0.848 bits per heavy atom. The minimum atomic E-state index is -1.11. The van der Waals surface area contributed by atoms with Crippen LogP contribution < -0.4 is 10.2 Å². The van der Waals surface area contributed by atoms with Gasteiger partial charge in [0.1, 0.15) is 11.4 Å².